The number of rotatable bonds is 3. The largest absolute Gasteiger partial charge is 0.494 e. The highest BCUT2D eigenvalue weighted by atomic mass is 16.5. The minimum Gasteiger partial charge on any atom is -0.494 e. The molecule has 1 aliphatic rings. The number of methoxy groups -OCH3 is 1. The monoisotopic (exact) mass is 237 g/mol. The molecule has 1 amide bonds. The Morgan fingerprint density at radius 3 is 2.65 bits per heavy atom. The first-order valence-corrected chi connectivity index (χ1v) is 5.01. The smallest absolute Gasteiger partial charge is 0.308 e. The van der Waals surface area contributed by atoms with Crippen LogP contribution in [-0.4, -0.2) is 40.6 Å². The molecule has 1 N–H and O–H groups in total. The van der Waals surface area contributed by atoms with Crippen molar-refractivity contribution in [2.75, 3.05) is 18.6 Å². The average molecular weight is 237 g/mol. The van der Waals surface area contributed by atoms with E-state index in [1.165, 1.54) is 24.4 Å². The second-order valence-electron chi connectivity index (χ2n) is 3.67. The molecule has 1 fully saturated rings. The van der Waals surface area contributed by atoms with Gasteiger partial charge in [-0.15, -0.1) is 0 Å². The molecular formula is C10H11N3O4. The molecule has 2 rings (SSSR count). The Hall–Kier alpha value is -2.18. The fraction of sp³-hybridized carbons (Fsp3) is 0.400. The summed E-state index contributed by atoms with van der Waals surface area (Å²) in [7, 11) is 1.49. The van der Waals surface area contributed by atoms with Gasteiger partial charge in [0.2, 0.25) is 11.9 Å². The number of carbonyl (C=O) groups is 2. The molecule has 1 aromatic heterocycles. The first-order chi connectivity index (χ1) is 8.11. The van der Waals surface area contributed by atoms with Crippen molar-refractivity contribution in [2.45, 2.75) is 6.42 Å². The molecule has 7 nitrogen and oxygen atoms in total. The minimum atomic E-state index is -0.977. The van der Waals surface area contributed by atoms with Crippen molar-refractivity contribution in [3.05, 3.63) is 12.4 Å². The SMILES string of the molecule is COc1cnc(N2CC(C(=O)O)CC2=O)nc1. The van der Waals surface area contributed by atoms with Gasteiger partial charge in [0.1, 0.15) is 0 Å². The Morgan fingerprint density at radius 2 is 2.18 bits per heavy atom. The number of carboxylic acids is 1. The van der Waals surface area contributed by atoms with Crippen molar-refractivity contribution in [3.63, 3.8) is 0 Å². The second-order valence-corrected chi connectivity index (χ2v) is 3.67. The lowest BCUT2D eigenvalue weighted by atomic mass is 10.1. The Bertz CT molecular complexity index is 445. The third-order valence-electron chi connectivity index (χ3n) is 2.57. The van der Waals surface area contributed by atoms with E-state index >= 15 is 0 Å². The molecule has 7 heteroatoms. The molecule has 1 aliphatic heterocycles. The van der Waals surface area contributed by atoms with Crippen LogP contribution in [0.2, 0.25) is 0 Å². The predicted octanol–water partition coefficient (Wildman–Crippen LogP) is -0.0773. The lowest BCUT2D eigenvalue weighted by Gasteiger charge is -2.13. The molecule has 1 unspecified atom stereocenters. The van der Waals surface area contributed by atoms with Crippen LogP contribution < -0.4 is 9.64 Å². The topological polar surface area (TPSA) is 92.6 Å². The molecule has 0 saturated carbocycles. The molecule has 0 bridgehead atoms. The van der Waals surface area contributed by atoms with E-state index in [1.807, 2.05) is 0 Å². The molecule has 1 aromatic rings. The van der Waals surface area contributed by atoms with Gasteiger partial charge in [-0.1, -0.05) is 0 Å². The van der Waals surface area contributed by atoms with Gasteiger partial charge in [0.15, 0.2) is 5.75 Å². The number of ether oxygens (including phenoxy) is 1. The molecule has 1 saturated heterocycles. The molecule has 1 atom stereocenters. The van der Waals surface area contributed by atoms with E-state index in [2.05, 4.69) is 9.97 Å². The van der Waals surface area contributed by atoms with Crippen LogP contribution in [-0.2, 0) is 9.59 Å². The van der Waals surface area contributed by atoms with Gasteiger partial charge in [-0.25, -0.2) is 9.97 Å². The van der Waals surface area contributed by atoms with Gasteiger partial charge in [-0.3, -0.25) is 14.5 Å². The van der Waals surface area contributed by atoms with E-state index in [0.29, 0.717) is 5.75 Å². The van der Waals surface area contributed by atoms with E-state index in [1.54, 1.807) is 0 Å². The third-order valence-corrected chi connectivity index (χ3v) is 2.57. The lowest BCUT2D eigenvalue weighted by molar-refractivity contribution is -0.141. The maximum atomic E-state index is 11.6. The van der Waals surface area contributed by atoms with Crippen LogP contribution in [0.5, 0.6) is 5.75 Å². The number of nitrogens with zero attached hydrogens (tertiary/aromatic N) is 3. The van der Waals surface area contributed by atoms with E-state index < -0.39 is 11.9 Å². The first-order valence-electron chi connectivity index (χ1n) is 5.01. The predicted molar refractivity (Wildman–Crippen MR) is 56.7 cm³/mol. The average Bonchev–Trinajstić information content (AvgIpc) is 2.72. The number of aliphatic carboxylic acids is 1. The van der Waals surface area contributed by atoms with Crippen molar-refractivity contribution >= 4 is 17.8 Å². The molecule has 2 heterocycles. The summed E-state index contributed by atoms with van der Waals surface area (Å²) >= 11 is 0. The molecule has 17 heavy (non-hydrogen) atoms. The maximum absolute atomic E-state index is 11.6. The van der Waals surface area contributed by atoms with Crippen molar-refractivity contribution in [2.24, 2.45) is 5.92 Å². The van der Waals surface area contributed by atoms with Gasteiger partial charge in [0.05, 0.1) is 25.4 Å². The highest BCUT2D eigenvalue weighted by Gasteiger charge is 2.36. The van der Waals surface area contributed by atoms with Crippen LogP contribution in [0, 0.1) is 5.92 Å². The van der Waals surface area contributed by atoms with Gasteiger partial charge in [-0.2, -0.15) is 0 Å². The number of anilines is 1. The van der Waals surface area contributed by atoms with Crippen LogP contribution in [0.1, 0.15) is 6.42 Å². The van der Waals surface area contributed by atoms with Crippen molar-refractivity contribution in [3.8, 4) is 5.75 Å². The van der Waals surface area contributed by atoms with Crippen molar-refractivity contribution in [1.29, 1.82) is 0 Å². The fourth-order valence-electron chi connectivity index (χ4n) is 1.62. The molecular weight excluding hydrogens is 226 g/mol. The molecule has 0 radical (unpaired) electrons. The second kappa shape index (κ2) is 4.36. The first kappa shape index (κ1) is 11.3. The van der Waals surface area contributed by atoms with E-state index in [0.717, 1.165) is 0 Å². The number of carboxylic acid groups (broad SMARTS) is 1. The van der Waals surface area contributed by atoms with Crippen LogP contribution in [0.25, 0.3) is 0 Å². The summed E-state index contributed by atoms with van der Waals surface area (Å²) in [6.45, 7) is 0.112. The zero-order chi connectivity index (χ0) is 12.4. The normalized spacial score (nSPS) is 19.5. The Labute approximate surface area is 97.0 Å². The summed E-state index contributed by atoms with van der Waals surface area (Å²) in [6.07, 6.45) is 2.86. The summed E-state index contributed by atoms with van der Waals surface area (Å²) in [5, 5.41) is 8.84. The van der Waals surface area contributed by atoms with Crippen molar-refractivity contribution < 1.29 is 19.4 Å². The maximum Gasteiger partial charge on any atom is 0.308 e. The van der Waals surface area contributed by atoms with Gasteiger partial charge < -0.3 is 9.84 Å². The highest BCUT2D eigenvalue weighted by molar-refractivity contribution is 5.97. The van der Waals surface area contributed by atoms with E-state index in [-0.39, 0.29) is 24.8 Å². The van der Waals surface area contributed by atoms with Crippen LogP contribution in [0.4, 0.5) is 5.95 Å². The molecule has 0 spiro atoms. The zero-order valence-corrected chi connectivity index (χ0v) is 9.16. The summed E-state index contributed by atoms with van der Waals surface area (Å²) in [5.41, 5.74) is 0. The number of amides is 1. The quantitative estimate of drug-likeness (QED) is 0.790. The summed E-state index contributed by atoms with van der Waals surface area (Å²) in [6, 6.07) is 0. The zero-order valence-electron chi connectivity index (χ0n) is 9.16. The van der Waals surface area contributed by atoms with Gasteiger partial charge in [-0.05, 0) is 0 Å². The Morgan fingerprint density at radius 1 is 1.53 bits per heavy atom. The highest BCUT2D eigenvalue weighted by Crippen LogP contribution is 2.22. The number of hydrogen-bond donors (Lipinski definition) is 1. The standard InChI is InChI=1S/C10H11N3O4/c1-17-7-3-11-10(12-4-7)13-5-6(9(15)16)2-8(13)14/h3-4,6H,2,5H2,1H3,(H,15,16). The van der Waals surface area contributed by atoms with Gasteiger partial charge in [0.25, 0.3) is 0 Å². The van der Waals surface area contributed by atoms with Gasteiger partial charge >= 0.3 is 5.97 Å². The van der Waals surface area contributed by atoms with E-state index in [4.69, 9.17) is 9.84 Å². The number of carbonyl (C=O) groups excluding carboxylic acids is 1. The number of aromatic nitrogens is 2. The molecule has 90 valence electrons. The van der Waals surface area contributed by atoms with Gasteiger partial charge in [0, 0.05) is 13.0 Å². The lowest BCUT2D eigenvalue weighted by Crippen LogP contribution is -2.27. The van der Waals surface area contributed by atoms with Crippen LogP contribution in [0.15, 0.2) is 12.4 Å². The Kier molecular flexibility index (Phi) is 2.90. The summed E-state index contributed by atoms with van der Waals surface area (Å²) in [5.74, 6) is -1.25. The molecule has 0 aliphatic carbocycles. The number of hydrogen-bond acceptors (Lipinski definition) is 5. The fourth-order valence-corrected chi connectivity index (χ4v) is 1.62. The minimum absolute atomic E-state index is 0.00920. The van der Waals surface area contributed by atoms with Crippen LogP contribution in [0.3, 0.4) is 0 Å². The molecule has 0 aromatic carbocycles. The Balaban J connectivity index is 2.17. The van der Waals surface area contributed by atoms with Crippen molar-refractivity contribution in [1.82, 2.24) is 9.97 Å². The summed E-state index contributed by atoms with van der Waals surface area (Å²) < 4.78 is 4.90. The third kappa shape index (κ3) is 2.17. The van der Waals surface area contributed by atoms with Crippen LogP contribution >= 0.6 is 0 Å². The summed E-state index contributed by atoms with van der Waals surface area (Å²) in [4.78, 5) is 31.6. The van der Waals surface area contributed by atoms with E-state index in [9.17, 15) is 9.59 Å².